The zero-order valence-corrected chi connectivity index (χ0v) is 13.3. The monoisotopic (exact) mass is 324 g/mol. The number of amidine groups is 1. The molecule has 0 spiro atoms. The van der Waals surface area contributed by atoms with Crippen molar-refractivity contribution >= 4 is 34.7 Å². The third-order valence-corrected chi connectivity index (χ3v) is 4.30. The summed E-state index contributed by atoms with van der Waals surface area (Å²) in [5, 5.41) is 17.3. The van der Waals surface area contributed by atoms with Gasteiger partial charge in [-0.3, -0.25) is 14.9 Å². The summed E-state index contributed by atoms with van der Waals surface area (Å²) in [6.07, 6.45) is 3.25. The van der Waals surface area contributed by atoms with Crippen LogP contribution in [0.3, 0.4) is 0 Å². The number of hydrogen-bond acceptors (Lipinski definition) is 7. The Bertz CT molecular complexity index is 910. The van der Waals surface area contributed by atoms with Crippen molar-refractivity contribution in [1.29, 1.82) is 0 Å². The predicted molar refractivity (Wildman–Crippen MR) is 90.6 cm³/mol. The quantitative estimate of drug-likeness (QED) is 0.820. The second-order valence-corrected chi connectivity index (χ2v) is 5.70. The van der Waals surface area contributed by atoms with Gasteiger partial charge in [0.15, 0.2) is 5.84 Å². The lowest BCUT2D eigenvalue weighted by Gasteiger charge is -2.21. The van der Waals surface area contributed by atoms with Crippen LogP contribution in [0, 0.1) is 5.92 Å². The molecule has 1 atom stereocenters. The van der Waals surface area contributed by atoms with Crippen LogP contribution in [0.25, 0.3) is 10.9 Å². The number of carbonyl (C=O) groups excluding carboxylic acids is 1. The smallest absolute Gasteiger partial charge is 0.314 e. The molecule has 2 N–H and O–H groups in total. The largest absolute Gasteiger partial charge is 0.469 e. The van der Waals surface area contributed by atoms with E-state index in [0.29, 0.717) is 12.4 Å². The highest BCUT2D eigenvalue weighted by atomic mass is 16.5. The minimum absolute atomic E-state index is 0.261. The molecule has 0 amide bonds. The van der Waals surface area contributed by atoms with Gasteiger partial charge in [-0.05, 0) is 30.7 Å². The number of nitrogens with zero attached hydrogens (tertiary/aromatic N) is 4. The van der Waals surface area contributed by atoms with Crippen LogP contribution in [0.4, 0.5) is 5.69 Å². The lowest BCUT2D eigenvalue weighted by Crippen LogP contribution is -2.29. The maximum absolute atomic E-state index is 11.9. The van der Waals surface area contributed by atoms with E-state index in [1.807, 2.05) is 25.1 Å². The van der Waals surface area contributed by atoms with Gasteiger partial charge in [-0.1, -0.05) is 0 Å². The number of nitrogens with one attached hydrogen (secondary N) is 2. The molecular weight excluding hydrogens is 308 g/mol. The molecule has 1 unspecified atom stereocenters. The summed E-state index contributed by atoms with van der Waals surface area (Å²) >= 11 is 0. The molecule has 0 saturated heterocycles. The highest BCUT2D eigenvalue weighted by Crippen LogP contribution is 2.32. The fourth-order valence-electron chi connectivity index (χ4n) is 3.03. The molecule has 4 rings (SSSR count). The van der Waals surface area contributed by atoms with Crippen molar-refractivity contribution in [3.05, 3.63) is 35.7 Å². The number of benzene rings is 1. The molecular formula is C16H16N6O2. The van der Waals surface area contributed by atoms with Gasteiger partial charge in [0.1, 0.15) is 12.0 Å². The third kappa shape index (κ3) is 2.23. The Hall–Kier alpha value is -3.16. The molecule has 24 heavy (non-hydrogen) atoms. The van der Waals surface area contributed by atoms with Crippen molar-refractivity contribution in [2.75, 3.05) is 19.0 Å². The first-order valence-corrected chi connectivity index (χ1v) is 7.54. The number of methoxy groups -OCH3 is 1. The Labute approximate surface area is 137 Å². The Morgan fingerprint density at radius 1 is 1.46 bits per heavy atom. The molecule has 1 aromatic heterocycles. The number of hydrazone groups is 1. The van der Waals surface area contributed by atoms with Gasteiger partial charge in [0.25, 0.3) is 0 Å². The number of aliphatic imine (C=N–C) groups is 1. The maximum atomic E-state index is 11.9. The van der Waals surface area contributed by atoms with Gasteiger partial charge in [0, 0.05) is 11.1 Å². The van der Waals surface area contributed by atoms with E-state index in [1.165, 1.54) is 13.4 Å². The number of aromatic amines is 1. The predicted octanol–water partition coefficient (Wildman–Crippen LogP) is 1.71. The summed E-state index contributed by atoms with van der Waals surface area (Å²) in [4.78, 5) is 16.3. The van der Waals surface area contributed by atoms with Crippen LogP contribution in [0.5, 0.6) is 0 Å². The topological polar surface area (TPSA) is 95.0 Å². The van der Waals surface area contributed by atoms with Gasteiger partial charge >= 0.3 is 5.97 Å². The van der Waals surface area contributed by atoms with Crippen molar-refractivity contribution in [1.82, 2.24) is 15.2 Å². The normalized spacial score (nSPS) is 19.5. The number of fused-ring (bicyclic) bond motifs is 2. The minimum atomic E-state index is -0.331. The van der Waals surface area contributed by atoms with E-state index >= 15 is 0 Å². The fraction of sp³-hybridized carbons (Fsp3) is 0.250. The number of carbonyl (C=O) groups is 1. The summed E-state index contributed by atoms with van der Waals surface area (Å²) in [6.45, 7) is 2.37. The van der Waals surface area contributed by atoms with Crippen LogP contribution >= 0.6 is 0 Å². The Morgan fingerprint density at radius 3 is 3.17 bits per heavy atom. The Balaban J connectivity index is 1.66. The van der Waals surface area contributed by atoms with Gasteiger partial charge in [-0.15, -0.1) is 0 Å². The van der Waals surface area contributed by atoms with Crippen LogP contribution in [-0.4, -0.2) is 47.0 Å². The highest BCUT2D eigenvalue weighted by molar-refractivity contribution is 6.12. The van der Waals surface area contributed by atoms with Gasteiger partial charge in [-0.25, -0.2) is 4.99 Å². The Morgan fingerprint density at radius 2 is 2.33 bits per heavy atom. The molecule has 0 fully saturated rings. The van der Waals surface area contributed by atoms with Crippen molar-refractivity contribution in [2.45, 2.75) is 6.92 Å². The molecule has 8 heteroatoms. The van der Waals surface area contributed by atoms with E-state index in [2.05, 4.69) is 25.6 Å². The average molecular weight is 324 g/mol. The lowest BCUT2D eigenvalue weighted by atomic mass is 10.0. The zero-order valence-electron chi connectivity index (χ0n) is 13.3. The van der Waals surface area contributed by atoms with E-state index in [4.69, 9.17) is 4.74 Å². The number of ether oxygens (including phenoxy) is 1. The summed E-state index contributed by atoms with van der Waals surface area (Å²) in [5.41, 5.74) is 3.53. The van der Waals surface area contributed by atoms with Crippen LogP contribution in [0.1, 0.15) is 6.92 Å². The van der Waals surface area contributed by atoms with E-state index in [9.17, 15) is 4.79 Å². The number of anilines is 1. The van der Waals surface area contributed by atoms with E-state index < -0.39 is 0 Å². The van der Waals surface area contributed by atoms with E-state index in [0.717, 1.165) is 27.9 Å². The number of esters is 1. The molecule has 8 nitrogen and oxygen atoms in total. The summed E-state index contributed by atoms with van der Waals surface area (Å²) < 4.78 is 4.88. The fourth-order valence-corrected chi connectivity index (χ4v) is 3.03. The molecule has 1 aromatic carbocycles. The zero-order chi connectivity index (χ0) is 16.7. The first-order chi connectivity index (χ1) is 11.7. The van der Waals surface area contributed by atoms with Crippen LogP contribution in [-0.2, 0) is 9.53 Å². The average Bonchev–Trinajstić information content (AvgIpc) is 3.19. The van der Waals surface area contributed by atoms with Crippen molar-refractivity contribution in [3.8, 4) is 0 Å². The number of rotatable bonds is 2. The summed E-state index contributed by atoms with van der Waals surface area (Å²) in [5.74, 6) is 0.0675. The molecule has 2 aliphatic heterocycles. The molecule has 0 bridgehead atoms. The number of aromatic nitrogens is 2. The van der Waals surface area contributed by atoms with E-state index in [1.54, 1.807) is 11.2 Å². The first kappa shape index (κ1) is 14.4. The highest BCUT2D eigenvalue weighted by Gasteiger charge is 2.37. The maximum Gasteiger partial charge on any atom is 0.314 e. The van der Waals surface area contributed by atoms with Gasteiger partial charge in [0.05, 0.1) is 31.3 Å². The molecule has 2 aromatic rings. The standard InChI is InChI=1S/C16H16N6O2/c1-9-12(16(23)24-2)7-22-14(9)15(17-8-19-22)20-11-4-3-10-6-18-21-13(10)5-11/h3-6,8,12H,7H2,1-2H3,(H,18,21)(H,17,19,20). The van der Waals surface area contributed by atoms with Crippen LogP contribution in [0.2, 0.25) is 0 Å². The molecule has 0 aliphatic carbocycles. The lowest BCUT2D eigenvalue weighted by molar-refractivity contribution is -0.144. The van der Waals surface area contributed by atoms with Crippen molar-refractivity contribution < 1.29 is 9.53 Å². The third-order valence-electron chi connectivity index (χ3n) is 4.30. The second kappa shape index (κ2) is 5.48. The van der Waals surface area contributed by atoms with Gasteiger partial charge < -0.3 is 10.1 Å². The van der Waals surface area contributed by atoms with E-state index in [-0.39, 0.29) is 11.9 Å². The number of hydrogen-bond donors (Lipinski definition) is 2. The first-order valence-electron chi connectivity index (χ1n) is 7.54. The Kier molecular flexibility index (Phi) is 3.30. The van der Waals surface area contributed by atoms with Gasteiger partial charge in [-0.2, -0.15) is 10.2 Å². The molecule has 0 radical (unpaired) electrons. The van der Waals surface area contributed by atoms with Crippen molar-refractivity contribution in [3.63, 3.8) is 0 Å². The van der Waals surface area contributed by atoms with Crippen molar-refractivity contribution in [2.24, 2.45) is 16.0 Å². The number of H-pyrrole nitrogens is 1. The molecule has 2 aliphatic rings. The minimum Gasteiger partial charge on any atom is -0.469 e. The molecule has 3 heterocycles. The molecule has 122 valence electrons. The summed E-state index contributed by atoms with van der Waals surface area (Å²) in [7, 11) is 1.40. The van der Waals surface area contributed by atoms with Crippen LogP contribution < -0.4 is 5.32 Å². The molecule has 0 saturated carbocycles. The van der Waals surface area contributed by atoms with Gasteiger partial charge in [0.2, 0.25) is 0 Å². The second-order valence-electron chi connectivity index (χ2n) is 5.70. The SMILES string of the molecule is COC(=O)C1CN2N=CN=C(Nc3ccc4cn[nH]c4c3)C2=C1C. The van der Waals surface area contributed by atoms with Crippen LogP contribution in [0.15, 0.2) is 45.8 Å². The summed E-state index contributed by atoms with van der Waals surface area (Å²) in [6, 6.07) is 5.90.